The Morgan fingerprint density at radius 3 is 2.87 bits per heavy atom. The summed E-state index contributed by atoms with van der Waals surface area (Å²) in [5.41, 5.74) is 2.77. The molecule has 0 unspecified atom stereocenters. The number of amides is 1. The van der Waals surface area contributed by atoms with Crippen molar-refractivity contribution in [3.05, 3.63) is 23.9 Å². The summed E-state index contributed by atoms with van der Waals surface area (Å²) in [7, 11) is 0. The lowest BCUT2D eigenvalue weighted by Gasteiger charge is -2.11. The summed E-state index contributed by atoms with van der Waals surface area (Å²) in [4.78, 5) is 15.8. The van der Waals surface area contributed by atoms with E-state index in [1.165, 1.54) is 0 Å². The molecule has 2 rings (SSSR count). The molecule has 0 spiro atoms. The Morgan fingerprint density at radius 1 is 1.53 bits per heavy atom. The Balaban J connectivity index is 2.10. The first-order valence-electron chi connectivity index (χ1n) is 4.89. The first-order chi connectivity index (χ1) is 7.13. The third-order valence-electron chi connectivity index (χ3n) is 2.54. The van der Waals surface area contributed by atoms with Crippen LogP contribution in [0.25, 0.3) is 0 Å². The van der Waals surface area contributed by atoms with Crippen molar-refractivity contribution in [2.24, 2.45) is 5.84 Å². The molecule has 0 atom stereocenters. The normalized spacial score (nSPS) is 16.9. The van der Waals surface area contributed by atoms with Crippen molar-refractivity contribution in [2.45, 2.75) is 25.3 Å². The predicted octanol–water partition coefficient (Wildman–Crippen LogP) is 0.649. The van der Waals surface area contributed by atoms with Gasteiger partial charge in [-0.15, -0.1) is 0 Å². The number of nitrogens with one attached hydrogen (secondary N) is 2. The van der Waals surface area contributed by atoms with E-state index in [0.717, 1.165) is 12.8 Å². The molecule has 4 N–H and O–H groups in total. The maximum atomic E-state index is 11.7. The number of aromatic nitrogens is 1. The van der Waals surface area contributed by atoms with E-state index >= 15 is 0 Å². The van der Waals surface area contributed by atoms with Crippen LogP contribution in [0, 0.1) is 0 Å². The Hall–Kier alpha value is -1.62. The molecule has 0 radical (unpaired) electrons. The molecule has 1 fully saturated rings. The zero-order chi connectivity index (χ0) is 10.9. The lowest BCUT2D eigenvalue weighted by atomic mass is 10.2. The van der Waals surface area contributed by atoms with Crippen LogP contribution in [-0.4, -0.2) is 16.4 Å². The zero-order valence-corrected chi connectivity index (χ0v) is 8.58. The molecule has 15 heavy (non-hydrogen) atoms. The average molecular weight is 206 g/mol. The second-order valence-electron chi connectivity index (χ2n) is 4.07. The number of hydrazine groups is 1. The van der Waals surface area contributed by atoms with Gasteiger partial charge >= 0.3 is 0 Å². The van der Waals surface area contributed by atoms with Crippen LogP contribution in [0.15, 0.2) is 18.2 Å². The molecule has 5 nitrogen and oxygen atoms in total. The van der Waals surface area contributed by atoms with Gasteiger partial charge in [0.15, 0.2) is 0 Å². The number of rotatable bonds is 3. The number of hydrogen-bond donors (Lipinski definition) is 3. The number of nitrogen functional groups attached to an aromatic ring is 1. The van der Waals surface area contributed by atoms with Crippen LogP contribution in [0.5, 0.6) is 0 Å². The van der Waals surface area contributed by atoms with Crippen molar-refractivity contribution in [3.8, 4) is 0 Å². The van der Waals surface area contributed by atoms with Gasteiger partial charge in [-0.05, 0) is 31.9 Å². The smallest absolute Gasteiger partial charge is 0.270 e. The minimum Gasteiger partial charge on any atom is -0.346 e. The van der Waals surface area contributed by atoms with E-state index in [4.69, 9.17) is 5.84 Å². The maximum absolute atomic E-state index is 11.7. The van der Waals surface area contributed by atoms with Crippen molar-refractivity contribution in [1.29, 1.82) is 0 Å². The van der Waals surface area contributed by atoms with Crippen LogP contribution in [0.2, 0.25) is 0 Å². The quantitative estimate of drug-likeness (QED) is 0.501. The van der Waals surface area contributed by atoms with E-state index in [1.54, 1.807) is 18.2 Å². The van der Waals surface area contributed by atoms with Crippen LogP contribution in [-0.2, 0) is 0 Å². The fraction of sp³-hybridized carbons (Fsp3) is 0.400. The number of anilines is 1. The number of hydrogen-bond acceptors (Lipinski definition) is 4. The molecule has 5 heteroatoms. The van der Waals surface area contributed by atoms with Gasteiger partial charge < -0.3 is 10.7 Å². The number of pyridine rings is 1. The van der Waals surface area contributed by atoms with Gasteiger partial charge in [-0.3, -0.25) is 4.79 Å². The van der Waals surface area contributed by atoms with Gasteiger partial charge in [0, 0.05) is 5.54 Å². The van der Waals surface area contributed by atoms with Gasteiger partial charge in [0.05, 0.1) is 0 Å². The van der Waals surface area contributed by atoms with Gasteiger partial charge in [0.2, 0.25) is 0 Å². The lowest BCUT2D eigenvalue weighted by molar-refractivity contribution is 0.0930. The van der Waals surface area contributed by atoms with Crippen LogP contribution >= 0.6 is 0 Å². The summed E-state index contributed by atoms with van der Waals surface area (Å²) >= 11 is 0. The van der Waals surface area contributed by atoms with Crippen molar-refractivity contribution in [1.82, 2.24) is 10.3 Å². The zero-order valence-electron chi connectivity index (χ0n) is 8.58. The summed E-state index contributed by atoms with van der Waals surface area (Å²) in [5.74, 6) is 5.56. The molecule has 1 aromatic heterocycles. The van der Waals surface area contributed by atoms with Crippen LogP contribution in [0.3, 0.4) is 0 Å². The first-order valence-corrected chi connectivity index (χ1v) is 4.89. The molecule has 1 aliphatic carbocycles. The Kier molecular flexibility index (Phi) is 2.32. The summed E-state index contributed by atoms with van der Waals surface area (Å²) in [6.45, 7) is 2.02. The van der Waals surface area contributed by atoms with Crippen LogP contribution in [0.1, 0.15) is 30.3 Å². The van der Waals surface area contributed by atoms with Crippen molar-refractivity contribution >= 4 is 11.7 Å². The fourth-order valence-electron chi connectivity index (χ4n) is 1.29. The van der Waals surface area contributed by atoms with Gasteiger partial charge in [0.1, 0.15) is 11.5 Å². The average Bonchev–Trinajstić information content (AvgIpc) is 2.96. The summed E-state index contributed by atoms with van der Waals surface area (Å²) in [6.07, 6.45) is 2.07. The van der Waals surface area contributed by atoms with Gasteiger partial charge in [0.25, 0.3) is 5.91 Å². The monoisotopic (exact) mass is 206 g/mol. The van der Waals surface area contributed by atoms with Gasteiger partial charge in [-0.25, -0.2) is 10.8 Å². The summed E-state index contributed by atoms with van der Waals surface area (Å²) in [5, 5.41) is 2.93. The first kappa shape index (κ1) is 9.92. The highest BCUT2D eigenvalue weighted by atomic mass is 16.2. The van der Waals surface area contributed by atoms with E-state index in [2.05, 4.69) is 15.7 Å². The van der Waals surface area contributed by atoms with Crippen LogP contribution < -0.4 is 16.6 Å². The number of carbonyl (C=O) groups is 1. The van der Waals surface area contributed by atoms with Gasteiger partial charge in [-0.1, -0.05) is 6.07 Å². The second-order valence-corrected chi connectivity index (χ2v) is 4.07. The lowest BCUT2D eigenvalue weighted by Crippen LogP contribution is -2.34. The molecular weight excluding hydrogens is 192 g/mol. The second kappa shape index (κ2) is 3.51. The fourth-order valence-corrected chi connectivity index (χ4v) is 1.29. The molecule has 0 bridgehead atoms. The Bertz CT molecular complexity index is 387. The van der Waals surface area contributed by atoms with E-state index in [0.29, 0.717) is 11.5 Å². The molecule has 1 saturated carbocycles. The van der Waals surface area contributed by atoms with Crippen molar-refractivity contribution in [2.75, 3.05) is 5.43 Å². The Labute approximate surface area is 88.0 Å². The van der Waals surface area contributed by atoms with Crippen molar-refractivity contribution < 1.29 is 4.79 Å². The molecular formula is C10H14N4O. The third kappa shape index (κ3) is 2.24. The molecule has 1 aromatic rings. The molecule has 0 saturated heterocycles. The SMILES string of the molecule is CC1(NC(=O)c2cccc(NN)n2)CC1. The minimum atomic E-state index is -0.146. The van der Waals surface area contributed by atoms with Crippen molar-refractivity contribution in [3.63, 3.8) is 0 Å². The molecule has 0 aromatic carbocycles. The summed E-state index contributed by atoms with van der Waals surface area (Å²) < 4.78 is 0. The number of nitrogens with zero attached hydrogens (tertiary/aromatic N) is 1. The standard InChI is InChI=1S/C10H14N4O/c1-10(5-6-10)13-9(15)7-3-2-4-8(12-7)14-11/h2-4H,5-6,11H2,1H3,(H,12,14)(H,13,15). The number of carbonyl (C=O) groups excluding carboxylic acids is 1. The largest absolute Gasteiger partial charge is 0.346 e. The van der Waals surface area contributed by atoms with E-state index < -0.39 is 0 Å². The van der Waals surface area contributed by atoms with E-state index in [1.807, 2.05) is 6.92 Å². The minimum absolute atomic E-state index is 0.0229. The van der Waals surface area contributed by atoms with Crippen LogP contribution in [0.4, 0.5) is 5.82 Å². The molecule has 0 aliphatic heterocycles. The van der Waals surface area contributed by atoms with E-state index in [9.17, 15) is 4.79 Å². The Morgan fingerprint density at radius 2 is 2.27 bits per heavy atom. The maximum Gasteiger partial charge on any atom is 0.270 e. The van der Waals surface area contributed by atoms with Gasteiger partial charge in [-0.2, -0.15) is 0 Å². The molecule has 1 heterocycles. The highest BCUT2D eigenvalue weighted by Crippen LogP contribution is 2.34. The molecule has 80 valence electrons. The third-order valence-corrected chi connectivity index (χ3v) is 2.54. The highest BCUT2D eigenvalue weighted by molar-refractivity contribution is 5.93. The topological polar surface area (TPSA) is 80.0 Å². The van der Waals surface area contributed by atoms with E-state index in [-0.39, 0.29) is 11.4 Å². The summed E-state index contributed by atoms with van der Waals surface area (Å²) in [6, 6.07) is 5.11. The predicted molar refractivity (Wildman–Crippen MR) is 57.2 cm³/mol. The molecule has 1 aliphatic rings. The molecule has 1 amide bonds. The highest BCUT2D eigenvalue weighted by Gasteiger charge is 2.39. The number of nitrogens with two attached hydrogens (primary N) is 1.